The fourth-order valence-corrected chi connectivity index (χ4v) is 2.06. The molecular weight excluding hydrogens is 176 g/mol. The summed E-state index contributed by atoms with van der Waals surface area (Å²) in [5, 5.41) is 3.53. The lowest BCUT2D eigenvalue weighted by Gasteiger charge is -2.34. The van der Waals surface area contributed by atoms with E-state index in [0.717, 1.165) is 38.4 Å². The number of rotatable bonds is 5. The van der Waals surface area contributed by atoms with Crippen LogP contribution in [0.1, 0.15) is 26.7 Å². The summed E-state index contributed by atoms with van der Waals surface area (Å²) in [5.41, 5.74) is 0. The third-order valence-electron chi connectivity index (χ3n) is 2.66. The van der Waals surface area contributed by atoms with Crippen LogP contribution < -0.4 is 5.32 Å². The van der Waals surface area contributed by atoms with E-state index in [0.29, 0.717) is 12.5 Å². The van der Waals surface area contributed by atoms with Gasteiger partial charge in [-0.1, -0.05) is 13.8 Å². The molecule has 1 heterocycles. The van der Waals surface area contributed by atoms with Gasteiger partial charge in [0, 0.05) is 38.6 Å². The molecule has 1 saturated heterocycles. The van der Waals surface area contributed by atoms with Gasteiger partial charge in [0.2, 0.25) is 0 Å². The van der Waals surface area contributed by atoms with Gasteiger partial charge >= 0.3 is 0 Å². The van der Waals surface area contributed by atoms with Crippen LogP contribution in [0.15, 0.2) is 0 Å². The van der Waals surface area contributed by atoms with Crippen molar-refractivity contribution in [2.24, 2.45) is 5.92 Å². The molecule has 0 saturated carbocycles. The topological polar surface area (TPSA) is 32.3 Å². The maximum Gasteiger partial charge on any atom is 0.121 e. The smallest absolute Gasteiger partial charge is 0.121 e. The Labute approximate surface area is 86.9 Å². The zero-order valence-electron chi connectivity index (χ0n) is 9.33. The van der Waals surface area contributed by atoms with Crippen molar-refractivity contribution < 1.29 is 4.79 Å². The van der Waals surface area contributed by atoms with E-state index in [1.807, 2.05) is 0 Å². The molecule has 0 aromatic heterocycles. The minimum Gasteiger partial charge on any atom is -0.311 e. The van der Waals surface area contributed by atoms with Gasteiger partial charge in [-0.25, -0.2) is 0 Å². The van der Waals surface area contributed by atoms with E-state index in [9.17, 15) is 4.79 Å². The first-order valence-electron chi connectivity index (χ1n) is 5.61. The quantitative estimate of drug-likeness (QED) is 0.666. The Balaban J connectivity index is 2.24. The SMILES string of the molecule is CC(C)CC1CN(CCC=O)CCN1. The first kappa shape index (κ1) is 11.7. The molecule has 0 spiro atoms. The fourth-order valence-electron chi connectivity index (χ4n) is 2.06. The average Bonchev–Trinajstić information content (AvgIpc) is 2.14. The number of piperazine rings is 1. The van der Waals surface area contributed by atoms with Gasteiger partial charge < -0.3 is 15.0 Å². The second kappa shape index (κ2) is 6.14. The van der Waals surface area contributed by atoms with Crippen LogP contribution in [0.3, 0.4) is 0 Å². The summed E-state index contributed by atoms with van der Waals surface area (Å²) in [4.78, 5) is 12.7. The average molecular weight is 198 g/mol. The van der Waals surface area contributed by atoms with Crippen LogP contribution in [0.25, 0.3) is 0 Å². The van der Waals surface area contributed by atoms with Gasteiger partial charge in [0.25, 0.3) is 0 Å². The van der Waals surface area contributed by atoms with Gasteiger partial charge in [-0.15, -0.1) is 0 Å². The van der Waals surface area contributed by atoms with Crippen molar-refractivity contribution in [1.82, 2.24) is 10.2 Å². The van der Waals surface area contributed by atoms with Gasteiger partial charge in [-0.05, 0) is 12.3 Å². The molecule has 1 rings (SSSR count). The zero-order chi connectivity index (χ0) is 10.4. The van der Waals surface area contributed by atoms with Crippen molar-refractivity contribution in [3.63, 3.8) is 0 Å². The number of carbonyl (C=O) groups excluding carboxylic acids is 1. The highest BCUT2D eigenvalue weighted by atomic mass is 16.1. The van der Waals surface area contributed by atoms with E-state index < -0.39 is 0 Å². The van der Waals surface area contributed by atoms with E-state index in [1.165, 1.54) is 6.42 Å². The maximum atomic E-state index is 10.3. The van der Waals surface area contributed by atoms with E-state index in [1.54, 1.807) is 0 Å². The molecule has 1 aliphatic heterocycles. The lowest BCUT2D eigenvalue weighted by Crippen LogP contribution is -2.51. The Morgan fingerprint density at radius 3 is 3.00 bits per heavy atom. The first-order chi connectivity index (χ1) is 6.72. The van der Waals surface area contributed by atoms with Crippen molar-refractivity contribution in [3.05, 3.63) is 0 Å². The van der Waals surface area contributed by atoms with Crippen LogP contribution in [0.4, 0.5) is 0 Å². The zero-order valence-corrected chi connectivity index (χ0v) is 9.33. The van der Waals surface area contributed by atoms with Crippen molar-refractivity contribution in [3.8, 4) is 0 Å². The number of nitrogens with one attached hydrogen (secondary N) is 1. The standard InChI is InChI=1S/C11H22N2O/c1-10(2)8-11-9-13(5-3-7-14)6-4-12-11/h7,10-12H,3-6,8-9H2,1-2H3. The Morgan fingerprint density at radius 2 is 2.36 bits per heavy atom. The van der Waals surface area contributed by atoms with Crippen LogP contribution in [0, 0.1) is 5.92 Å². The molecular formula is C11H22N2O. The Hall–Kier alpha value is -0.410. The summed E-state index contributed by atoms with van der Waals surface area (Å²) in [7, 11) is 0. The van der Waals surface area contributed by atoms with Crippen LogP contribution in [-0.2, 0) is 4.79 Å². The molecule has 1 fully saturated rings. The highest BCUT2D eigenvalue weighted by Crippen LogP contribution is 2.09. The molecule has 82 valence electrons. The summed E-state index contributed by atoms with van der Waals surface area (Å²) >= 11 is 0. The first-order valence-corrected chi connectivity index (χ1v) is 5.61. The van der Waals surface area contributed by atoms with Gasteiger partial charge in [-0.2, -0.15) is 0 Å². The Bertz CT molecular complexity index is 171. The molecule has 0 radical (unpaired) electrons. The van der Waals surface area contributed by atoms with Gasteiger partial charge in [0.1, 0.15) is 6.29 Å². The molecule has 3 nitrogen and oxygen atoms in total. The number of nitrogens with zero attached hydrogens (tertiary/aromatic N) is 1. The number of aldehydes is 1. The molecule has 0 aliphatic carbocycles. The monoisotopic (exact) mass is 198 g/mol. The molecule has 1 unspecified atom stereocenters. The minimum atomic E-state index is 0.621. The molecule has 1 atom stereocenters. The highest BCUT2D eigenvalue weighted by Gasteiger charge is 2.19. The van der Waals surface area contributed by atoms with E-state index >= 15 is 0 Å². The van der Waals surface area contributed by atoms with Gasteiger partial charge in [-0.3, -0.25) is 0 Å². The second-order valence-electron chi connectivity index (χ2n) is 4.54. The van der Waals surface area contributed by atoms with Crippen LogP contribution in [-0.4, -0.2) is 43.4 Å². The summed E-state index contributed by atoms with van der Waals surface area (Å²) < 4.78 is 0. The molecule has 1 N–H and O–H groups in total. The fraction of sp³-hybridized carbons (Fsp3) is 0.909. The number of hydrogen-bond acceptors (Lipinski definition) is 3. The summed E-state index contributed by atoms with van der Waals surface area (Å²) in [6, 6.07) is 0.621. The van der Waals surface area contributed by atoms with Crippen LogP contribution in [0.2, 0.25) is 0 Å². The summed E-state index contributed by atoms with van der Waals surface area (Å²) in [6.07, 6.45) is 2.92. The summed E-state index contributed by atoms with van der Waals surface area (Å²) in [6.45, 7) is 8.70. The number of hydrogen-bond donors (Lipinski definition) is 1. The van der Waals surface area contributed by atoms with Gasteiger partial charge in [0.05, 0.1) is 0 Å². The molecule has 0 bridgehead atoms. The second-order valence-corrected chi connectivity index (χ2v) is 4.54. The Morgan fingerprint density at radius 1 is 1.57 bits per heavy atom. The van der Waals surface area contributed by atoms with Crippen molar-refractivity contribution >= 4 is 6.29 Å². The Kier molecular flexibility index (Phi) is 5.12. The molecule has 0 amide bonds. The van der Waals surface area contributed by atoms with Crippen LogP contribution in [0.5, 0.6) is 0 Å². The lowest BCUT2D eigenvalue weighted by atomic mass is 10.0. The summed E-state index contributed by atoms with van der Waals surface area (Å²) in [5.74, 6) is 0.749. The molecule has 0 aromatic rings. The third kappa shape index (κ3) is 4.20. The molecule has 14 heavy (non-hydrogen) atoms. The molecule has 1 aliphatic rings. The van der Waals surface area contributed by atoms with E-state index in [2.05, 4.69) is 24.1 Å². The lowest BCUT2D eigenvalue weighted by molar-refractivity contribution is -0.108. The van der Waals surface area contributed by atoms with Crippen molar-refractivity contribution in [2.45, 2.75) is 32.7 Å². The van der Waals surface area contributed by atoms with Crippen molar-refractivity contribution in [2.75, 3.05) is 26.2 Å². The largest absolute Gasteiger partial charge is 0.311 e. The normalized spacial score (nSPS) is 24.1. The highest BCUT2D eigenvalue weighted by molar-refractivity contribution is 5.49. The van der Waals surface area contributed by atoms with Crippen molar-refractivity contribution in [1.29, 1.82) is 0 Å². The number of carbonyl (C=O) groups is 1. The van der Waals surface area contributed by atoms with Gasteiger partial charge in [0.15, 0.2) is 0 Å². The molecule has 0 aromatic carbocycles. The van der Waals surface area contributed by atoms with E-state index in [4.69, 9.17) is 0 Å². The van der Waals surface area contributed by atoms with E-state index in [-0.39, 0.29) is 0 Å². The molecule has 3 heteroatoms. The third-order valence-corrected chi connectivity index (χ3v) is 2.66. The predicted molar refractivity (Wildman–Crippen MR) is 58.4 cm³/mol. The predicted octanol–water partition coefficient (Wildman–Crippen LogP) is 0.895. The van der Waals surface area contributed by atoms with Crippen LogP contribution >= 0.6 is 0 Å². The minimum absolute atomic E-state index is 0.621. The maximum absolute atomic E-state index is 10.3.